The van der Waals surface area contributed by atoms with Crippen LogP contribution in [0.5, 0.6) is 0 Å². The van der Waals surface area contributed by atoms with Crippen LogP contribution >= 0.6 is 27.5 Å². The van der Waals surface area contributed by atoms with Crippen LogP contribution in [-0.2, 0) is 5.88 Å². The van der Waals surface area contributed by atoms with Crippen molar-refractivity contribution in [1.82, 2.24) is 0 Å². The first-order chi connectivity index (χ1) is 6.70. The Morgan fingerprint density at radius 2 is 2.21 bits per heavy atom. The highest BCUT2D eigenvalue weighted by atomic mass is 79.9. The second-order valence-corrected chi connectivity index (χ2v) is 3.93. The van der Waals surface area contributed by atoms with Gasteiger partial charge in [0.2, 0.25) is 0 Å². The molecule has 0 unspecified atom stereocenters. The van der Waals surface area contributed by atoms with Gasteiger partial charge in [0.25, 0.3) is 0 Å². The fraction of sp³-hybridized carbons (Fsp3) is 0.300. The summed E-state index contributed by atoms with van der Waals surface area (Å²) in [7, 11) is 0. The maximum Gasteiger partial charge on any atom is 0.164 e. The number of carbonyl (C=O) groups excluding carboxylic acids is 1. The summed E-state index contributed by atoms with van der Waals surface area (Å²) in [6.45, 7) is 0. The normalized spacial score (nSPS) is 10.1. The van der Waals surface area contributed by atoms with Gasteiger partial charge in [0.15, 0.2) is 5.78 Å². The first-order valence-corrected chi connectivity index (χ1v) is 5.88. The van der Waals surface area contributed by atoms with Crippen molar-refractivity contribution in [2.24, 2.45) is 0 Å². The van der Waals surface area contributed by atoms with Gasteiger partial charge < -0.3 is 5.73 Å². The van der Waals surface area contributed by atoms with Gasteiger partial charge in [-0.1, -0.05) is 28.1 Å². The van der Waals surface area contributed by atoms with E-state index in [1.165, 1.54) is 0 Å². The fourth-order valence-corrected chi connectivity index (χ4v) is 1.89. The molecule has 2 N–H and O–H groups in total. The molecule has 76 valence electrons. The Hall–Kier alpha value is -0.540. The molecule has 0 atom stereocenters. The van der Waals surface area contributed by atoms with E-state index in [4.69, 9.17) is 17.3 Å². The number of hydrogen-bond donors (Lipinski definition) is 1. The molecule has 0 radical (unpaired) electrons. The predicted octanol–water partition coefficient (Wildman–Crippen LogP) is 2.98. The van der Waals surface area contributed by atoms with Crippen LogP contribution in [0.1, 0.15) is 22.3 Å². The van der Waals surface area contributed by atoms with Crippen LogP contribution in [0.3, 0.4) is 0 Å². The van der Waals surface area contributed by atoms with E-state index in [0.29, 0.717) is 23.0 Å². The van der Waals surface area contributed by atoms with E-state index in [1.54, 1.807) is 18.2 Å². The van der Waals surface area contributed by atoms with Crippen LogP contribution in [0, 0.1) is 0 Å². The maximum absolute atomic E-state index is 11.6. The number of benzene rings is 1. The molecule has 2 nitrogen and oxygen atoms in total. The molecule has 0 spiro atoms. The lowest BCUT2D eigenvalue weighted by Crippen LogP contribution is -2.05. The SMILES string of the molecule is Nc1cccc(C(=O)CCBr)c1CCl. The van der Waals surface area contributed by atoms with Gasteiger partial charge in [0.1, 0.15) is 0 Å². The highest BCUT2D eigenvalue weighted by molar-refractivity contribution is 9.09. The number of carbonyl (C=O) groups is 1. The lowest BCUT2D eigenvalue weighted by Gasteiger charge is -2.07. The average Bonchev–Trinajstić information content (AvgIpc) is 2.17. The quantitative estimate of drug-likeness (QED) is 0.522. The van der Waals surface area contributed by atoms with Gasteiger partial charge in [-0.25, -0.2) is 0 Å². The number of hydrogen-bond acceptors (Lipinski definition) is 2. The minimum Gasteiger partial charge on any atom is -0.398 e. The van der Waals surface area contributed by atoms with E-state index >= 15 is 0 Å². The first-order valence-electron chi connectivity index (χ1n) is 4.23. The Kier molecular flexibility index (Phi) is 4.42. The van der Waals surface area contributed by atoms with Gasteiger partial charge in [-0.2, -0.15) is 0 Å². The lowest BCUT2D eigenvalue weighted by molar-refractivity contribution is 0.0989. The number of alkyl halides is 2. The van der Waals surface area contributed by atoms with Crippen molar-refractivity contribution in [2.75, 3.05) is 11.1 Å². The van der Waals surface area contributed by atoms with Gasteiger partial charge >= 0.3 is 0 Å². The van der Waals surface area contributed by atoms with E-state index < -0.39 is 0 Å². The molecule has 0 saturated heterocycles. The van der Waals surface area contributed by atoms with Crippen LogP contribution in [0.2, 0.25) is 0 Å². The predicted molar refractivity (Wildman–Crippen MR) is 63.2 cm³/mol. The molecule has 1 aromatic carbocycles. The minimum absolute atomic E-state index is 0.0739. The summed E-state index contributed by atoms with van der Waals surface area (Å²) in [5, 5.41) is 0.655. The molecule has 0 aromatic heterocycles. The summed E-state index contributed by atoms with van der Waals surface area (Å²) < 4.78 is 0. The second-order valence-electron chi connectivity index (χ2n) is 2.87. The molecule has 0 aliphatic heterocycles. The summed E-state index contributed by atoms with van der Waals surface area (Å²) >= 11 is 8.96. The zero-order valence-electron chi connectivity index (χ0n) is 7.59. The van der Waals surface area contributed by atoms with Crippen LogP contribution in [-0.4, -0.2) is 11.1 Å². The van der Waals surface area contributed by atoms with Crippen molar-refractivity contribution >= 4 is 39.0 Å². The van der Waals surface area contributed by atoms with E-state index in [1.807, 2.05) is 0 Å². The van der Waals surface area contributed by atoms with Crippen molar-refractivity contribution in [3.8, 4) is 0 Å². The third-order valence-electron chi connectivity index (χ3n) is 1.97. The molecule has 0 fully saturated rings. The molecule has 1 aromatic rings. The molecular weight excluding hydrogens is 265 g/mol. The Morgan fingerprint density at radius 3 is 2.79 bits per heavy atom. The lowest BCUT2D eigenvalue weighted by atomic mass is 10.0. The molecule has 14 heavy (non-hydrogen) atoms. The van der Waals surface area contributed by atoms with Gasteiger partial charge in [0.05, 0.1) is 5.88 Å². The molecular formula is C10H11BrClNO. The van der Waals surface area contributed by atoms with Gasteiger partial charge in [-0.15, -0.1) is 11.6 Å². The number of halogens is 2. The number of nitrogen functional groups attached to an aromatic ring is 1. The molecule has 4 heteroatoms. The number of rotatable bonds is 4. The monoisotopic (exact) mass is 275 g/mol. The topological polar surface area (TPSA) is 43.1 Å². The van der Waals surface area contributed by atoms with Gasteiger partial charge in [-0.3, -0.25) is 4.79 Å². The van der Waals surface area contributed by atoms with Crippen molar-refractivity contribution in [3.05, 3.63) is 29.3 Å². The largest absolute Gasteiger partial charge is 0.398 e. The molecule has 0 heterocycles. The third-order valence-corrected chi connectivity index (χ3v) is 2.63. The van der Waals surface area contributed by atoms with Crippen LogP contribution in [0.4, 0.5) is 5.69 Å². The number of ketones is 1. The number of nitrogens with two attached hydrogens (primary N) is 1. The van der Waals surface area contributed by atoms with Crippen LogP contribution in [0.15, 0.2) is 18.2 Å². The molecule has 1 rings (SSSR count). The highest BCUT2D eigenvalue weighted by Gasteiger charge is 2.11. The molecule has 0 aliphatic rings. The molecule has 0 aliphatic carbocycles. The smallest absolute Gasteiger partial charge is 0.164 e. The van der Waals surface area contributed by atoms with Crippen molar-refractivity contribution < 1.29 is 4.79 Å². The standard InChI is InChI=1S/C10H11BrClNO/c11-5-4-10(14)7-2-1-3-9(13)8(7)6-12/h1-3H,4-6,13H2. The molecule has 0 amide bonds. The van der Waals surface area contributed by atoms with Gasteiger partial charge in [-0.05, 0) is 6.07 Å². The first kappa shape index (κ1) is 11.5. The van der Waals surface area contributed by atoms with Crippen LogP contribution in [0.25, 0.3) is 0 Å². The van der Waals surface area contributed by atoms with E-state index in [-0.39, 0.29) is 11.7 Å². The van der Waals surface area contributed by atoms with Crippen molar-refractivity contribution in [2.45, 2.75) is 12.3 Å². The van der Waals surface area contributed by atoms with E-state index in [2.05, 4.69) is 15.9 Å². The summed E-state index contributed by atoms with van der Waals surface area (Å²) in [5.41, 5.74) is 7.68. The summed E-state index contributed by atoms with van der Waals surface area (Å²) in [5.74, 6) is 0.348. The van der Waals surface area contributed by atoms with E-state index in [9.17, 15) is 4.79 Å². The Morgan fingerprint density at radius 1 is 1.50 bits per heavy atom. The fourth-order valence-electron chi connectivity index (χ4n) is 1.24. The zero-order valence-corrected chi connectivity index (χ0v) is 9.94. The molecule has 0 saturated carbocycles. The molecule has 0 bridgehead atoms. The van der Waals surface area contributed by atoms with Crippen molar-refractivity contribution in [3.63, 3.8) is 0 Å². The summed E-state index contributed by atoms with van der Waals surface area (Å²) in [6.07, 6.45) is 0.466. The third kappa shape index (κ3) is 2.49. The Labute approximate surface area is 96.6 Å². The summed E-state index contributed by atoms with van der Waals surface area (Å²) in [6, 6.07) is 5.29. The van der Waals surface area contributed by atoms with Crippen LogP contribution < -0.4 is 5.73 Å². The number of anilines is 1. The second kappa shape index (κ2) is 5.37. The minimum atomic E-state index is 0.0739. The zero-order chi connectivity index (χ0) is 10.6. The average molecular weight is 277 g/mol. The van der Waals surface area contributed by atoms with Gasteiger partial charge in [0, 0.05) is 28.6 Å². The summed E-state index contributed by atoms with van der Waals surface area (Å²) in [4.78, 5) is 11.6. The van der Waals surface area contributed by atoms with E-state index in [0.717, 1.165) is 5.56 Å². The Balaban J connectivity index is 3.07. The van der Waals surface area contributed by atoms with Crippen molar-refractivity contribution in [1.29, 1.82) is 0 Å². The Bertz CT molecular complexity index is 341. The highest BCUT2D eigenvalue weighted by Crippen LogP contribution is 2.20. The maximum atomic E-state index is 11.6. The number of Topliss-reactive ketones (excluding diaryl/α,β-unsaturated/α-hetero) is 1.